The van der Waals surface area contributed by atoms with Crippen molar-refractivity contribution < 1.29 is 14.7 Å². The Kier molecular flexibility index (Phi) is 4.82. The molecular formula is C28H28N2O3. The third-order valence-corrected chi connectivity index (χ3v) is 7.34. The number of carboxylic acids is 1. The van der Waals surface area contributed by atoms with Gasteiger partial charge in [-0.15, -0.1) is 0 Å². The fourth-order valence-corrected chi connectivity index (χ4v) is 5.73. The highest BCUT2D eigenvalue weighted by molar-refractivity contribution is 5.98. The van der Waals surface area contributed by atoms with Crippen LogP contribution in [0.15, 0.2) is 72.5 Å². The van der Waals surface area contributed by atoms with Gasteiger partial charge in [0.15, 0.2) is 0 Å². The van der Waals surface area contributed by atoms with Gasteiger partial charge in [0.25, 0.3) is 5.91 Å². The topological polar surface area (TPSA) is 73.4 Å². The number of carbonyl (C=O) groups is 2. The summed E-state index contributed by atoms with van der Waals surface area (Å²) in [7, 11) is 0. The van der Waals surface area contributed by atoms with Crippen LogP contribution >= 0.6 is 0 Å². The summed E-state index contributed by atoms with van der Waals surface area (Å²) in [6.45, 7) is 7.96. The summed E-state index contributed by atoms with van der Waals surface area (Å²) in [5.74, 6) is -0.854. The van der Waals surface area contributed by atoms with E-state index in [2.05, 4.69) is 37.9 Å². The van der Waals surface area contributed by atoms with E-state index < -0.39 is 5.97 Å². The average molecular weight is 441 g/mol. The number of aromatic amines is 1. The molecule has 5 rings (SSSR count). The summed E-state index contributed by atoms with van der Waals surface area (Å²) < 4.78 is 0. The second-order valence-corrected chi connectivity index (χ2v) is 9.97. The fraction of sp³-hybridized carbons (Fsp3) is 0.286. The molecule has 1 aliphatic heterocycles. The molecule has 0 spiro atoms. The molecule has 0 unspecified atom stereocenters. The van der Waals surface area contributed by atoms with Crippen molar-refractivity contribution >= 4 is 28.4 Å². The Balaban J connectivity index is 1.43. The van der Waals surface area contributed by atoms with E-state index in [-0.39, 0.29) is 16.7 Å². The molecular weight excluding hydrogens is 412 g/mol. The van der Waals surface area contributed by atoms with Crippen molar-refractivity contribution in [2.75, 3.05) is 13.1 Å². The Hall–Kier alpha value is -3.60. The molecule has 5 heteroatoms. The molecule has 33 heavy (non-hydrogen) atoms. The van der Waals surface area contributed by atoms with Gasteiger partial charge >= 0.3 is 5.97 Å². The Morgan fingerprint density at radius 2 is 1.70 bits per heavy atom. The number of aromatic nitrogens is 1. The molecule has 2 heterocycles. The number of nitrogens with one attached hydrogen (secondary N) is 1. The zero-order chi connectivity index (χ0) is 23.4. The number of amides is 1. The molecule has 1 aromatic heterocycles. The molecule has 1 aliphatic carbocycles. The zero-order valence-corrected chi connectivity index (χ0v) is 19.2. The lowest BCUT2D eigenvalue weighted by atomic mass is 9.58. The number of carboxylic acid groups (broad SMARTS) is 1. The number of benzene rings is 2. The summed E-state index contributed by atoms with van der Waals surface area (Å²) in [5, 5.41) is 10.3. The maximum absolute atomic E-state index is 13.3. The summed E-state index contributed by atoms with van der Waals surface area (Å²) in [5.41, 5.74) is 5.29. The lowest BCUT2D eigenvalue weighted by Gasteiger charge is -2.50. The van der Waals surface area contributed by atoms with Gasteiger partial charge in [-0.3, -0.25) is 4.79 Å². The molecule has 1 amide bonds. The molecule has 0 bridgehead atoms. The molecule has 0 saturated carbocycles. The highest BCUT2D eigenvalue weighted by atomic mass is 16.4. The summed E-state index contributed by atoms with van der Waals surface area (Å²) >= 11 is 0. The Bertz CT molecular complexity index is 1330. The molecule has 2 N–H and O–H groups in total. The number of H-pyrrole nitrogens is 1. The molecule has 0 fully saturated rings. The molecule has 5 nitrogen and oxygen atoms in total. The first-order chi connectivity index (χ1) is 15.7. The van der Waals surface area contributed by atoms with E-state index >= 15 is 0 Å². The van der Waals surface area contributed by atoms with Crippen LogP contribution in [0.3, 0.4) is 0 Å². The Labute approximate surface area is 193 Å². The Morgan fingerprint density at radius 3 is 2.42 bits per heavy atom. The van der Waals surface area contributed by atoms with Crippen molar-refractivity contribution in [3.05, 3.63) is 89.1 Å². The van der Waals surface area contributed by atoms with Crippen molar-refractivity contribution in [3.63, 3.8) is 0 Å². The molecule has 2 aliphatic rings. The second kappa shape index (κ2) is 7.48. The summed E-state index contributed by atoms with van der Waals surface area (Å²) in [6, 6.07) is 14.9. The van der Waals surface area contributed by atoms with E-state index in [1.807, 2.05) is 47.5 Å². The van der Waals surface area contributed by atoms with Crippen LogP contribution in [-0.2, 0) is 0 Å². The van der Waals surface area contributed by atoms with E-state index in [9.17, 15) is 14.7 Å². The summed E-state index contributed by atoms with van der Waals surface area (Å²) in [4.78, 5) is 29.7. The molecule has 0 saturated heterocycles. The van der Waals surface area contributed by atoms with Gasteiger partial charge in [0, 0.05) is 46.6 Å². The van der Waals surface area contributed by atoms with Crippen LogP contribution in [0.2, 0.25) is 0 Å². The quantitative estimate of drug-likeness (QED) is 0.508. The zero-order valence-electron chi connectivity index (χ0n) is 19.2. The lowest BCUT2D eigenvalue weighted by molar-refractivity contribution is 0.0678. The largest absolute Gasteiger partial charge is 0.478 e. The van der Waals surface area contributed by atoms with Crippen molar-refractivity contribution in [1.82, 2.24) is 9.88 Å². The van der Waals surface area contributed by atoms with E-state index in [0.717, 1.165) is 22.9 Å². The number of hydrogen-bond acceptors (Lipinski definition) is 2. The highest BCUT2D eigenvalue weighted by Crippen LogP contribution is 2.55. The van der Waals surface area contributed by atoms with E-state index in [0.29, 0.717) is 24.2 Å². The Morgan fingerprint density at radius 1 is 0.970 bits per heavy atom. The van der Waals surface area contributed by atoms with Crippen LogP contribution < -0.4 is 0 Å². The SMILES string of the molecule is CC1(C)C(c2ccc(C(=O)O)cc2)=CC[C@]2(C)CN(C(=O)c3ccc4[nH]ccc4c3)CC=C12. The van der Waals surface area contributed by atoms with Crippen molar-refractivity contribution in [2.45, 2.75) is 27.2 Å². The molecule has 1 atom stereocenters. The number of aromatic carboxylic acids is 1. The van der Waals surface area contributed by atoms with Crippen LogP contribution in [0.5, 0.6) is 0 Å². The predicted molar refractivity (Wildman–Crippen MR) is 130 cm³/mol. The minimum absolute atomic E-state index is 0.0615. The van der Waals surface area contributed by atoms with Crippen LogP contribution in [0.4, 0.5) is 0 Å². The normalized spacial score (nSPS) is 21.8. The predicted octanol–water partition coefficient (Wildman–Crippen LogP) is 5.77. The van der Waals surface area contributed by atoms with E-state index in [1.165, 1.54) is 11.1 Å². The number of allylic oxidation sites excluding steroid dienone is 2. The van der Waals surface area contributed by atoms with Gasteiger partial charge < -0.3 is 15.0 Å². The van der Waals surface area contributed by atoms with Gasteiger partial charge in [-0.05, 0) is 54.0 Å². The van der Waals surface area contributed by atoms with E-state index in [4.69, 9.17) is 0 Å². The maximum Gasteiger partial charge on any atom is 0.335 e. The molecule has 3 aromatic rings. The monoisotopic (exact) mass is 440 g/mol. The van der Waals surface area contributed by atoms with Gasteiger partial charge in [-0.2, -0.15) is 0 Å². The van der Waals surface area contributed by atoms with Gasteiger partial charge in [0.2, 0.25) is 0 Å². The van der Waals surface area contributed by atoms with Gasteiger partial charge in [-0.25, -0.2) is 4.79 Å². The smallest absolute Gasteiger partial charge is 0.335 e. The van der Waals surface area contributed by atoms with Crippen molar-refractivity contribution in [1.29, 1.82) is 0 Å². The molecule has 2 aromatic carbocycles. The minimum atomic E-state index is -0.915. The van der Waals surface area contributed by atoms with Crippen LogP contribution in [0.1, 0.15) is 53.5 Å². The van der Waals surface area contributed by atoms with Crippen molar-refractivity contribution in [3.8, 4) is 0 Å². The van der Waals surface area contributed by atoms with Crippen LogP contribution in [-0.4, -0.2) is 40.0 Å². The third kappa shape index (κ3) is 3.48. The van der Waals surface area contributed by atoms with E-state index in [1.54, 1.807) is 12.1 Å². The number of rotatable bonds is 3. The van der Waals surface area contributed by atoms with Gasteiger partial charge in [-0.1, -0.05) is 50.6 Å². The minimum Gasteiger partial charge on any atom is -0.478 e. The number of fused-ring (bicyclic) bond motifs is 2. The number of carbonyl (C=O) groups excluding carboxylic acids is 1. The first kappa shape index (κ1) is 21.3. The average Bonchev–Trinajstić information content (AvgIpc) is 3.26. The maximum atomic E-state index is 13.3. The van der Waals surface area contributed by atoms with Gasteiger partial charge in [0.05, 0.1) is 5.56 Å². The second-order valence-electron chi connectivity index (χ2n) is 9.97. The van der Waals surface area contributed by atoms with Gasteiger partial charge in [0.1, 0.15) is 0 Å². The standard InChI is InChI=1S/C28H28N2O3/c1-27(2)22(18-4-6-19(7-5-18)26(32)33)10-13-28(3)17-30(15-12-24(27)28)25(31)21-8-9-23-20(16-21)11-14-29-23/h4-12,14,16,29H,13,15,17H2,1-3H3,(H,32,33)/t28-/m1/s1. The lowest BCUT2D eigenvalue weighted by Crippen LogP contribution is -2.48. The first-order valence-corrected chi connectivity index (χ1v) is 11.3. The fourth-order valence-electron chi connectivity index (χ4n) is 5.73. The number of nitrogens with zero attached hydrogens (tertiary/aromatic N) is 1. The highest BCUT2D eigenvalue weighted by Gasteiger charge is 2.46. The van der Waals surface area contributed by atoms with Crippen LogP contribution in [0, 0.1) is 10.8 Å². The number of hydrogen-bond donors (Lipinski definition) is 2. The molecule has 168 valence electrons. The summed E-state index contributed by atoms with van der Waals surface area (Å²) in [6.07, 6.45) is 7.22. The third-order valence-electron chi connectivity index (χ3n) is 7.34. The first-order valence-electron chi connectivity index (χ1n) is 11.3. The van der Waals surface area contributed by atoms with Crippen LogP contribution in [0.25, 0.3) is 16.5 Å². The van der Waals surface area contributed by atoms with Crippen molar-refractivity contribution in [2.24, 2.45) is 10.8 Å². The molecule has 0 radical (unpaired) electrons.